The summed E-state index contributed by atoms with van der Waals surface area (Å²) >= 11 is 0. The van der Waals surface area contributed by atoms with Gasteiger partial charge in [-0.1, -0.05) is 26.2 Å². The molecule has 0 radical (unpaired) electrons. The van der Waals surface area contributed by atoms with Gasteiger partial charge in [-0.15, -0.1) is 0 Å². The van der Waals surface area contributed by atoms with Crippen molar-refractivity contribution in [3.63, 3.8) is 0 Å². The van der Waals surface area contributed by atoms with Crippen LogP contribution in [0.5, 0.6) is 0 Å². The highest BCUT2D eigenvalue weighted by molar-refractivity contribution is 7.57. The standard InChI is InChI=1S/C7H15O2P/c1-2-3-4-5-6-10-7(8)9/h10H,2-6H2,1H3,(H,8,9). The first-order valence-electron chi connectivity index (χ1n) is 3.74. The third-order valence-electron chi connectivity index (χ3n) is 1.31. The van der Waals surface area contributed by atoms with E-state index >= 15 is 0 Å². The van der Waals surface area contributed by atoms with E-state index in [1.807, 2.05) is 0 Å². The summed E-state index contributed by atoms with van der Waals surface area (Å²) in [6.07, 6.45) is 5.60. The van der Waals surface area contributed by atoms with Crippen molar-refractivity contribution in [2.75, 3.05) is 6.16 Å². The number of carbonyl (C=O) groups is 1. The molecule has 0 aliphatic heterocycles. The Bertz CT molecular complexity index is 93.6. The van der Waals surface area contributed by atoms with Gasteiger partial charge < -0.3 is 5.11 Å². The van der Waals surface area contributed by atoms with Gasteiger partial charge in [-0.3, -0.25) is 0 Å². The van der Waals surface area contributed by atoms with Crippen molar-refractivity contribution in [1.82, 2.24) is 0 Å². The second-order valence-corrected chi connectivity index (χ2v) is 3.57. The number of carboxylic acid groups (broad SMARTS) is 1. The number of hydrogen-bond acceptors (Lipinski definition) is 1. The molecule has 0 saturated carbocycles. The zero-order chi connectivity index (χ0) is 7.82. The van der Waals surface area contributed by atoms with Crippen molar-refractivity contribution in [3.8, 4) is 0 Å². The average molecular weight is 162 g/mol. The lowest BCUT2D eigenvalue weighted by atomic mass is 10.2. The molecule has 0 amide bonds. The molecular formula is C7H15O2P. The smallest absolute Gasteiger partial charge is 0.320 e. The van der Waals surface area contributed by atoms with Crippen molar-refractivity contribution in [2.24, 2.45) is 0 Å². The van der Waals surface area contributed by atoms with E-state index in [-0.39, 0.29) is 8.58 Å². The predicted octanol–water partition coefficient (Wildman–Crippen LogP) is 2.92. The van der Waals surface area contributed by atoms with Crippen LogP contribution in [-0.2, 0) is 0 Å². The van der Waals surface area contributed by atoms with E-state index in [1.165, 1.54) is 19.3 Å². The summed E-state index contributed by atoms with van der Waals surface area (Å²) in [6.45, 7) is 2.15. The minimum Gasteiger partial charge on any atom is -0.478 e. The van der Waals surface area contributed by atoms with Crippen LogP contribution < -0.4 is 0 Å². The van der Waals surface area contributed by atoms with E-state index in [2.05, 4.69) is 6.92 Å². The van der Waals surface area contributed by atoms with Gasteiger partial charge in [0.1, 0.15) is 0 Å². The zero-order valence-electron chi connectivity index (χ0n) is 6.39. The van der Waals surface area contributed by atoms with Gasteiger partial charge in [0.2, 0.25) is 0 Å². The average Bonchev–Trinajstić information content (AvgIpc) is 1.87. The van der Waals surface area contributed by atoms with Crippen molar-refractivity contribution in [2.45, 2.75) is 32.6 Å². The third-order valence-corrected chi connectivity index (χ3v) is 2.21. The maximum absolute atomic E-state index is 10.0. The van der Waals surface area contributed by atoms with Crippen LogP contribution in [0.1, 0.15) is 32.6 Å². The molecule has 0 aliphatic carbocycles. The molecule has 1 N–H and O–H groups in total. The second-order valence-electron chi connectivity index (χ2n) is 2.29. The van der Waals surface area contributed by atoms with E-state index in [9.17, 15) is 4.79 Å². The van der Waals surface area contributed by atoms with Gasteiger partial charge in [0.15, 0.2) is 0 Å². The van der Waals surface area contributed by atoms with Gasteiger partial charge in [0.25, 0.3) is 0 Å². The number of unbranched alkanes of at least 4 members (excludes halogenated alkanes) is 3. The predicted molar refractivity (Wildman–Crippen MR) is 45.3 cm³/mol. The lowest BCUT2D eigenvalue weighted by molar-refractivity contribution is 0.221. The minimum atomic E-state index is -0.642. The molecule has 0 aromatic carbocycles. The lowest BCUT2D eigenvalue weighted by Gasteiger charge is -1.95. The Kier molecular flexibility index (Phi) is 6.94. The SMILES string of the molecule is CCCCCCPC(=O)O. The summed E-state index contributed by atoms with van der Waals surface area (Å²) < 4.78 is 0. The summed E-state index contributed by atoms with van der Waals surface area (Å²) in [5.41, 5.74) is -0.642. The molecule has 2 nitrogen and oxygen atoms in total. The largest absolute Gasteiger partial charge is 0.478 e. The van der Waals surface area contributed by atoms with Crippen LogP contribution in [0.2, 0.25) is 0 Å². The molecule has 0 rings (SSSR count). The lowest BCUT2D eigenvalue weighted by Crippen LogP contribution is -1.84. The summed E-state index contributed by atoms with van der Waals surface area (Å²) in [7, 11) is 0.117. The Balaban J connectivity index is 2.84. The first-order chi connectivity index (χ1) is 4.77. The normalized spacial score (nSPS) is 10.9. The highest BCUT2D eigenvalue weighted by Gasteiger charge is 1.94. The Hall–Kier alpha value is -0.100. The van der Waals surface area contributed by atoms with Gasteiger partial charge in [-0.25, -0.2) is 4.79 Å². The van der Waals surface area contributed by atoms with Gasteiger partial charge >= 0.3 is 5.71 Å². The van der Waals surface area contributed by atoms with E-state index in [1.54, 1.807) is 0 Å². The van der Waals surface area contributed by atoms with Gasteiger partial charge in [-0.2, -0.15) is 0 Å². The van der Waals surface area contributed by atoms with Crippen molar-refractivity contribution in [1.29, 1.82) is 0 Å². The Morgan fingerprint density at radius 1 is 1.40 bits per heavy atom. The molecule has 0 bridgehead atoms. The molecule has 0 aromatic rings. The summed E-state index contributed by atoms with van der Waals surface area (Å²) in [6, 6.07) is 0. The van der Waals surface area contributed by atoms with Crippen LogP contribution in [0.4, 0.5) is 4.79 Å². The molecule has 0 heterocycles. The summed E-state index contributed by atoms with van der Waals surface area (Å²) in [5, 5.41) is 8.28. The Morgan fingerprint density at radius 3 is 2.60 bits per heavy atom. The van der Waals surface area contributed by atoms with Gasteiger partial charge in [0.05, 0.1) is 0 Å². The van der Waals surface area contributed by atoms with Crippen molar-refractivity contribution < 1.29 is 9.90 Å². The third kappa shape index (κ3) is 7.90. The first kappa shape index (κ1) is 9.90. The van der Waals surface area contributed by atoms with Crippen LogP contribution in [-0.4, -0.2) is 17.0 Å². The summed E-state index contributed by atoms with van der Waals surface area (Å²) in [4.78, 5) is 10.0. The molecular weight excluding hydrogens is 147 g/mol. The number of hydrogen-bond donors (Lipinski definition) is 1. The van der Waals surface area contributed by atoms with Crippen molar-refractivity contribution in [3.05, 3.63) is 0 Å². The fourth-order valence-electron chi connectivity index (χ4n) is 0.747. The fraction of sp³-hybridized carbons (Fsp3) is 0.857. The zero-order valence-corrected chi connectivity index (χ0v) is 7.39. The Morgan fingerprint density at radius 2 is 2.10 bits per heavy atom. The number of rotatable bonds is 6. The molecule has 1 atom stereocenters. The Labute approximate surface area is 63.8 Å². The minimum absolute atomic E-state index is 0.117. The van der Waals surface area contributed by atoms with Crippen LogP contribution >= 0.6 is 8.58 Å². The van der Waals surface area contributed by atoms with E-state index in [0.29, 0.717) is 0 Å². The molecule has 1 unspecified atom stereocenters. The van der Waals surface area contributed by atoms with E-state index in [0.717, 1.165) is 12.6 Å². The van der Waals surface area contributed by atoms with Gasteiger partial charge in [-0.05, 0) is 21.2 Å². The quantitative estimate of drug-likeness (QED) is 0.481. The molecule has 0 saturated heterocycles. The van der Waals surface area contributed by atoms with Crippen LogP contribution in [0.15, 0.2) is 0 Å². The molecule has 3 heteroatoms. The van der Waals surface area contributed by atoms with Crippen LogP contribution in [0.3, 0.4) is 0 Å². The molecule has 0 spiro atoms. The first-order valence-corrected chi connectivity index (χ1v) is 4.95. The maximum atomic E-state index is 10.0. The molecule has 10 heavy (non-hydrogen) atoms. The second kappa shape index (κ2) is 7.01. The van der Waals surface area contributed by atoms with Crippen LogP contribution in [0, 0.1) is 0 Å². The molecule has 0 fully saturated rings. The highest BCUT2D eigenvalue weighted by atomic mass is 31.1. The molecule has 0 aromatic heterocycles. The monoisotopic (exact) mass is 162 g/mol. The van der Waals surface area contributed by atoms with Crippen LogP contribution in [0.25, 0.3) is 0 Å². The van der Waals surface area contributed by atoms with Crippen molar-refractivity contribution >= 4 is 14.3 Å². The summed E-state index contributed by atoms with van der Waals surface area (Å²) in [5.74, 6) is 0. The highest BCUT2D eigenvalue weighted by Crippen LogP contribution is 2.13. The molecule has 0 aliphatic rings. The fourth-order valence-corrected chi connectivity index (χ4v) is 1.39. The van der Waals surface area contributed by atoms with Gasteiger partial charge in [0, 0.05) is 0 Å². The van der Waals surface area contributed by atoms with E-state index < -0.39 is 5.71 Å². The maximum Gasteiger partial charge on any atom is 0.320 e. The molecule has 60 valence electrons. The topological polar surface area (TPSA) is 37.3 Å². The van der Waals surface area contributed by atoms with E-state index in [4.69, 9.17) is 5.11 Å².